The normalized spacial score (nSPS) is 19.0. The molecule has 24 heteroatoms. The van der Waals surface area contributed by atoms with Gasteiger partial charge in [-0.05, 0) is 121 Å². The lowest BCUT2D eigenvalue weighted by atomic mass is 9.90. The largest absolute Gasteiger partial charge is 0.458 e. The summed E-state index contributed by atoms with van der Waals surface area (Å²) in [5.41, 5.74) is 1.75. The van der Waals surface area contributed by atoms with E-state index < -0.39 is 142 Å². The molecule has 19 nitrogen and oxygen atoms in total. The molecule has 8 amide bonds. The minimum absolute atomic E-state index is 0.117. The van der Waals surface area contributed by atoms with Gasteiger partial charge in [0.1, 0.15) is 64.6 Å². The molecule has 3 fully saturated rings. The number of carbonyl (C=O) groups is 9. The number of likely N-dealkylation sites (tertiary alicyclic amines) is 1. The van der Waals surface area contributed by atoms with Crippen LogP contribution < -0.4 is 16.4 Å². The van der Waals surface area contributed by atoms with Crippen molar-refractivity contribution in [2.24, 2.45) is 23.5 Å². The minimum atomic E-state index is -5.26. The Hall–Kier alpha value is -5.94. The summed E-state index contributed by atoms with van der Waals surface area (Å²) in [5.74, 6) is -10.1. The van der Waals surface area contributed by atoms with E-state index in [1.807, 2.05) is 20.8 Å². The smallest absolute Gasteiger partial charge is 0.422 e. The Balaban J connectivity index is 1.57. The highest BCUT2D eigenvalue weighted by Crippen LogP contribution is 2.38. The number of hydrogen-bond acceptors (Lipinski definition) is 11. The van der Waals surface area contributed by atoms with E-state index in [1.165, 1.54) is 78.6 Å². The first kappa shape index (κ1) is 68.6. The number of nitrogens with one attached hydrogen (secondary N) is 2. The van der Waals surface area contributed by atoms with Crippen molar-refractivity contribution < 1.29 is 69.8 Å². The van der Waals surface area contributed by atoms with Gasteiger partial charge in [0.2, 0.25) is 47.3 Å². The number of amides is 8. The van der Waals surface area contributed by atoms with Crippen LogP contribution in [-0.4, -0.2) is 185 Å². The number of rotatable bonds is 24. The number of alkyl halides is 3. The van der Waals surface area contributed by atoms with Crippen molar-refractivity contribution in [3.63, 3.8) is 0 Å². The summed E-state index contributed by atoms with van der Waals surface area (Å²) < 4.78 is 73.7. The van der Waals surface area contributed by atoms with Crippen LogP contribution in [0.25, 0.3) is 0 Å². The van der Waals surface area contributed by atoms with Gasteiger partial charge in [-0.15, -0.1) is 0 Å². The maximum atomic E-state index is 15.2. The van der Waals surface area contributed by atoms with Crippen LogP contribution in [0.5, 0.6) is 0 Å². The molecule has 4 N–H and O–H groups in total. The lowest BCUT2D eigenvalue weighted by Gasteiger charge is -2.42. The number of ether oxygens (including phenoxy) is 1. The van der Waals surface area contributed by atoms with Crippen LogP contribution in [0.2, 0.25) is 0 Å². The maximum Gasteiger partial charge on any atom is 0.422 e. The van der Waals surface area contributed by atoms with E-state index in [9.17, 15) is 55.5 Å². The van der Waals surface area contributed by atoms with Gasteiger partial charge in [-0.2, -0.15) is 13.2 Å². The predicted octanol–water partition coefficient (Wildman–Crippen LogP) is 5.58. The predicted molar refractivity (Wildman–Crippen MR) is 296 cm³/mol. The topological polar surface area (TPSA) is 232 Å². The number of esters is 1. The number of nitrogens with two attached hydrogens (primary N) is 1. The second-order valence-corrected chi connectivity index (χ2v) is 24.5. The van der Waals surface area contributed by atoms with Gasteiger partial charge >= 0.3 is 12.1 Å². The number of nitrogens with zero attached hydrogens (tertiary/aromatic N) is 6. The van der Waals surface area contributed by atoms with Crippen LogP contribution >= 0.6 is 0 Å². The number of benzene rings is 1. The highest BCUT2D eigenvalue weighted by atomic mass is 19.4. The first-order valence-corrected chi connectivity index (χ1v) is 28.7. The van der Waals surface area contributed by atoms with Crippen LogP contribution in [0.3, 0.4) is 0 Å². The van der Waals surface area contributed by atoms with Crippen LogP contribution in [0.1, 0.15) is 156 Å². The summed E-state index contributed by atoms with van der Waals surface area (Å²) in [6, 6.07) is -7.09. The number of carbonyl (C=O) groups excluding carboxylic acids is 9. The molecule has 2 aliphatic carbocycles. The van der Waals surface area contributed by atoms with Gasteiger partial charge in [-0.25, -0.2) is 13.6 Å². The van der Waals surface area contributed by atoms with Crippen LogP contribution in [0.4, 0.5) is 22.0 Å². The van der Waals surface area contributed by atoms with E-state index in [4.69, 9.17) is 10.5 Å². The molecule has 4 rings (SSSR count). The monoisotopic (exact) mass is 1170 g/mol. The quantitative estimate of drug-likeness (QED) is 0.0855. The Bertz CT molecular complexity index is 2450. The zero-order valence-electron chi connectivity index (χ0n) is 50.5. The second-order valence-electron chi connectivity index (χ2n) is 24.5. The second kappa shape index (κ2) is 28.6. The highest BCUT2D eigenvalue weighted by molar-refractivity contribution is 5.99. The molecule has 1 aliphatic heterocycles. The van der Waals surface area contributed by atoms with E-state index >= 15 is 9.59 Å². The molecule has 2 saturated carbocycles. The van der Waals surface area contributed by atoms with E-state index in [0.29, 0.717) is 50.7 Å². The van der Waals surface area contributed by atoms with Crippen LogP contribution in [0, 0.1) is 29.4 Å². The molecular formula is C58H90F5N9O10. The zero-order valence-corrected chi connectivity index (χ0v) is 50.5. The summed E-state index contributed by atoms with van der Waals surface area (Å²) in [5, 5.41) is 5.84. The summed E-state index contributed by atoms with van der Waals surface area (Å²) in [7, 11) is 8.68. The van der Waals surface area contributed by atoms with Crippen LogP contribution in [0.15, 0.2) is 12.1 Å². The van der Waals surface area contributed by atoms with E-state index in [0.717, 1.165) is 12.8 Å². The number of hydrogen-bond donors (Lipinski definition) is 3. The number of aryl methyl sites for hydroxylation is 1. The van der Waals surface area contributed by atoms with Gasteiger partial charge in [-0.3, -0.25) is 38.4 Å². The molecule has 1 aromatic rings. The van der Waals surface area contributed by atoms with Crippen LogP contribution in [-0.2, 0) is 60.5 Å². The molecule has 8 atom stereocenters. The van der Waals surface area contributed by atoms with Gasteiger partial charge in [0.25, 0.3) is 0 Å². The Morgan fingerprint density at radius 3 is 1.85 bits per heavy atom. The molecule has 0 unspecified atom stereocenters. The van der Waals surface area contributed by atoms with E-state index in [-0.39, 0.29) is 62.5 Å². The summed E-state index contributed by atoms with van der Waals surface area (Å²) in [6.07, 6.45) is -0.983. The molecule has 1 heterocycles. The third-order valence-electron chi connectivity index (χ3n) is 16.6. The average Bonchev–Trinajstić information content (AvgIpc) is 4.39. The van der Waals surface area contributed by atoms with Crippen molar-refractivity contribution in [1.29, 1.82) is 0 Å². The number of halogens is 5. The van der Waals surface area contributed by atoms with Crippen molar-refractivity contribution in [2.75, 3.05) is 48.8 Å². The molecular weight excluding hydrogens is 1080 g/mol. The Labute approximate surface area is 480 Å². The Morgan fingerprint density at radius 1 is 0.768 bits per heavy atom. The molecule has 0 spiro atoms. The third kappa shape index (κ3) is 16.9. The summed E-state index contributed by atoms with van der Waals surface area (Å²) in [6.45, 7) is 14.1. The van der Waals surface area contributed by atoms with Crippen molar-refractivity contribution >= 4 is 53.2 Å². The Kier molecular flexibility index (Phi) is 23.9. The van der Waals surface area contributed by atoms with Gasteiger partial charge < -0.3 is 50.5 Å². The van der Waals surface area contributed by atoms with Gasteiger partial charge in [0, 0.05) is 48.8 Å². The lowest BCUT2D eigenvalue weighted by Crippen LogP contribution is -2.65. The maximum absolute atomic E-state index is 15.2. The lowest BCUT2D eigenvalue weighted by molar-refractivity contribution is -0.164. The number of likely N-dealkylation sites (N-methyl/N-ethyl adjacent to an activating group) is 5. The zero-order chi connectivity index (χ0) is 62.1. The fraction of sp³-hybridized carbons (Fsp3) is 0.741. The minimum Gasteiger partial charge on any atom is -0.458 e. The SMILES string of the molecule is CC[C@H](C)[C@H](NC(=O)[C@H](CC(C)C)N(C)C(=O)C[C@@H](C(=O)N(C)C)N(C)C(=O)[C@H](C1CCCC1)N(C)C(=O)C1(NC(=O)[C@@H]2CCCN2C(=O)[C@@H](N)CCc2cc(F)c(C(F)(F)F)c(F)c2)CCCC1)C(=O)N(C)[C@@H](C)C(=O)OC(C)(C)C. The van der Waals surface area contributed by atoms with Crippen molar-refractivity contribution in [1.82, 2.24) is 40.0 Å². The van der Waals surface area contributed by atoms with Gasteiger partial charge in [0.05, 0.1) is 12.5 Å². The highest BCUT2D eigenvalue weighted by Gasteiger charge is 2.51. The fourth-order valence-electron chi connectivity index (χ4n) is 11.4. The van der Waals surface area contributed by atoms with E-state index in [2.05, 4.69) is 10.6 Å². The molecule has 82 heavy (non-hydrogen) atoms. The van der Waals surface area contributed by atoms with Crippen molar-refractivity contribution in [3.05, 3.63) is 34.9 Å². The molecule has 1 saturated heterocycles. The standard InChI is InChI=1S/C58H90F5N9O10/c1-15-34(4)46(52(78)68(11)35(5)54(80)82-56(6,7)8)65-48(74)42(29-33(2)3)69(12)44(73)32-43(51(77)67(9)10)70(13)53(79)47(37-21-16-17-22-37)71(14)55(81)57(26-18-19-27-57)66-49(75)41-23-20-28-72(41)50(76)40(64)25-24-36-30-38(59)45(39(60)31-36)58(61,62)63/h30-31,33-35,37,40-43,46-47H,15-29,32,64H2,1-14H3,(H,65,74)(H,66,75)/t34-,35-,40-,41-,42-,43-,46-,47-/m0/s1. The molecule has 0 aromatic heterocycles. The van der Waals surface area contributed by atoms with Crippen molar-refractivity contribution in [2.45, 2.75) is 211 Å². The third-order valence-corrected chi connectivity index (χ3v) is 16.6. The summed E-state index contributed by atoms with van der Waals surface area (Å²) >= 11 is 0. The first-order valence-electron chi connectivity index (χ1n) is 28.7. The van der Waals surface area contributed by atoms with Crippen molar-refractivity contribution in [3.8, 4) is 0 Å². The molecule has 0 radical (unpaired) electrons. The molecule has 3 aliphatic rings. The molecule has 1 aromatic carbocycles. The Morgan fingerprint density at radius 2 is 1.34 bits per heavy atom. The van der Waals surface area contributed by atoms with Gasteiger partial charge in [0.15, 0.2) is 0 Å². The summed E-state index contributed by atoms with van der Waals surface area (Å²) in [4.78, 5) is 136. The molecule has 462 valence electrons. The molecule has 0 bridgehead atoms. The van der Waals surface area contributed by atoms with E-state index in [1.54, 1.807) is 27.7 Å². The fourth-order valence-corrected chi connectivity index (χ4v) is 11.4. The van der Waals surface area contributed by atoms with Gasteiger partial charge in [-0.1, -0.05) is 59.8 Å². The first-order chi connectivity index (χ1) is 38.0. The average molecular weight is 1170 g/mol.